The Bertz CT molecular complexity index is 1150. The third kappa shape index (κ3) is 4.60. The third-order valence-electron chi connectivity index (χ3n) is 5.47. The van der Waals surface area contributed by atoms with E-state index >= 15 is 0 Å². The molecule has 1 unspecified atom stereocenters. The summed E-state index contributed by atoms with van der Waals surface area (Å²) in [6, 6.07) is 4.66. The van der Waals surface area contributed by atoms with Crippen molar-refractivity contribution in [2.24, 2.45) is 5.92 Å². The first-order chi connectivity index (χ1) is 16.1. The molecule has 3 heterocycles. The number of halogens is 3. The highest BCUT2D eigenvalue weighted by Gasteiger charge is 2.55. The Morgan fingerprint density at radius 3 is 2.71 bits per heavy atom. The van der Waals surface area contributed by atoms with Crippen LogP contribution in [0.15, 0.2) is 36.5 Å². The molecule has 3 amide bonds. The summed E-state index contributed by atoms with van der Waals surface area (Å²) in [7, 11) is 0. The van der Waals surface area contributed by atoms with Gasteiger partial charge in [0.25, 0.3) is 0 Å². The van der Waals surface area contributed by atoms with E-state index in [-0.39, 0.29) is 29.7 Å². The van der Waals surface area contributed by atoms with Crippen molar-refractivity contribution >= 4 is 29.5 Å². The lowest BCUT2D eigenvalue weighted by Crippen LogP contribution is -2.69. The second-order valence-electron chi connectivity index (χ2n) is 7.75. The Morgan fingerprint density at radius 1 is 1.26 bits per heavy atom. The van der Waals surface area contributed by atoms with Crippen LogP contribution in [0.2, 0.25) is 5.15 Å². The van der Waals surface area contributed by atoms with E-state index in [1.165, 1.54) is 24.4 Å². The molecule has 4 rings (SSSR count). The van der Waals surface area contributed by atoms with E-state index in [1.807, 2.05) is 0 Å². The molecule has 34 heavy (non-hydrogen) atoms. The van der Waals surface area contributed by atoms with Gasteiger partial charge < -0.3 is 19.5 Å². The number of urea groups is 1. The van der Waals surface area contributed by atoms with Gasteiger partial charge in [-0.1, -0.05) is 17.7 Å². The quantitative estimate of drug-likeness (QED) is 0.371. The Kier molecular flexibility index (Phi) is 6.30. The predicted molar refractivity (Wildman–Crippen MR) is 113 cm³/mol. The number of β-lactam (4-membered cyclic amide) rings is 1. The molecular weight excluding hydrogens is 476 g/mol. The zero-order valence-electron chi connectivity index (χ0n) is 18.1. The molecule has 1 aromatic heterocycles. The van der Waals surface area contributed by atoms with Gasteiger partial charge in [0.05, 0.1) is 18.6 Å². The zero-order valence-corrected chi connectivity index (χ0v) is 18.8. The highest BCUT2D eigenvalue weighted by Crippen LogP contribution is 2.42. The van der Waals surface area contributed by atoms with E-state index in [2.05, 4.69) is 19.8 Å². The number of aromatic nitrogens is 1. The second-order valence-corrected chi connectivity index (χ2v) is 8.13. The SMILES string of the molecule is CCOC(=O)[C@@H]1C(Cc2ccnc(Cl)c2)C(=O)N1C(=O)N[C@H](C)c1ccc2c(c1)OC(F)(F)O2. The number of nitrogens with zero attached hydrogens (tertiary/aromatic N) is 2. The van der Waals surface area contributed by atoms with E-state index in [0.717, 1.165) is 4.90 Å². The summed E-state index contributed by atoms with van der Waals surface area (Å²) in [4.78, 5) is 43.0. The first-order valence-electron chi connectivity index (χ1n) is 10.4. The van der Waals surface area contributed by atoms with E-state index in [4.69, 9.17) is 16.3 Å². The number of carbonyl (C=O) groups excluding carboxylic acids is 3. The normalized spacial score (nSPS) is 21.0. The lowest BCUT2D eigenvalue weighted by atomic mass is 9.82. The Hall–Kier alpha value is -3.47. The fourth-order valence-electron chi connectivity index (χ4n) is 3.87. The summed E-state index contributed by atoms with van der Waals surface area (Å²) in [6.45, 7) is 3.28. The Balaban J connectivity index is 1.48. The molecular formula is C22H20ClF2N3O6. The molecule has 9 nitrogen and oxygen atoms in total. The number of rotatable bonds is 6. The number of benzene rings is 1. The molecule has 0 bridgehead atoms. The number of hydrogen-bond acceptors (Lipinski definition) is 7. The number of pyridine rings is 1. The molecule has 2 aromatic rings. The highest BCUT2D eigenvalue weighted by molar-refractivity contribution is 6.29. The average Bonchev–Trinajstić information content (AvgIpc) is 3.08. The van der Waals surface area contributed by atoms with Gasteiger partial charge in [-0.15, -0.1) is 8.78 Å². The monoisotopic (exact) mass is 495 g/mol. The van der Waals surface area contributed by atoms with Crippen LogP contribution in [0, 0.1) is 5.92 Å². The fraction of sp³-hybridized carbons (Fsp3) is 0.364. The first kappa shape index (κ1) is 23.7. The molecule has 2 aliphatic rings. The van der Waals surface area contributed by atoms with Crippen molar-refractivity contribution in [3.8, 4) is 11.5 Å². The summed E-state index contributed by atoms with van der Waals surface area (Å²) >= 11 is 5.90. The largest absolute Gasteiger partial charge is 0.586 e. The van der Waals surface area contributed by atoms with Crippen molar-refractivity contribution < 1.29 is 37.4 Å². The highest BCUT2D eigenvalue weighted by atomic mass is 35.5. The number of imide groups is 1. The van der Waals surface area contributed by atoms with Gasteiger partial charge in [0, 0.05) is 6.20 Å². The minimum absolute atomic E-state index is 0.0744. The van der Waals surface area contributed by atoms with Gasteiger partial charge >= 0.3 is 18.3 Å². The van der Waals surface area contributed by atoms with Crippen molar-refractivity contribution in [2.45, 2.75) is 38.6 Å². The zero-order chi connectivity index (χ0) is 24.6. The summed E-state index contributed by atoms with van der Waals surface area (Å²) in [5.74, 6) is -2.39. The van der Waals surface area contributed by atoms with E-state index in [1.54, 1.807) is 26.0 Å². The molecule has 2 aliphatic heterocycles. The first-order valence-corrected chi connectivity index (χ1v) is 10.8. The van der Waals surface area contributed by atoms with Crippen LogP contribution in [-0.4, -0.2) is 46.7 Å². The lowest BCUT2D eigenvalue weighted by molar-refractivity contribution is -0.286. The van der Waals surface area contributed by atoms with Gasteiger partial charge in [-0.25, -0.2) is 19.5 Å². The van der Waals surface area contributed by atoms with Crippen LogP contribution in [0.25, 0.3) is 0 Å². The lowest BCUT2D eigenvalue weighted by Gasteiger charge is -2.44. The fourth-order valence-corrected chi connectivity index (χ4v) is 4.06. The Morgan fingerprint density at radius 2 is 2.00 bits per heavy atom. The van der Waals surface area contributed by atoms with Crippen LogP contribution in [0.3, 0.4) is 0 Å². The topological polar surface area (TPSA) is 107 Å². The minimum atomic E-state index is -3.77. The molecule has 1 saturated heterocycles. The van der Waals surface area contributed by atoms with Gasteiger partial charge in [0.2, 0.25) is 5.91 Å². The molecule has 0 saturated carbocycles. The number of hydrogen-bond donors (Lipinski definition) is 1. The van der Waals surface area contributed by atoms with Crippen molar-refractivity contribution in [2.75, 3.05) is 6.61 Å². The van der Waals surface area contributed by atoms with Gasteiger partial charge in [-0.2, -0.15) is 0 Å². The predicted octanol–water partition coefficient (Wildman–Crippen LogP) is 3.46. The van der Waals surface area contributed by atoms with Crippen LogP contribution in [-0.2, 0) is 20.7 Å². The molecule has 0 aliphatic carbocycles. The molecule has 1 aromatic carbocycles. The molecule has 3 atom stereocenters. The van der Waals surface area contributed by atoms with Gasteiger partial charge in [0.1, 0.15) is 5.15 Å². The van der Waals surface area contributed by atoms with E-state index < -0.39 is 42.2 Å². The summed E-state index contributed by atoms with van der Waals surface area (Å²) in [5.41, 5.74) is 1.11. The number of alkyl halides is 2. The van der Waals surface area contributed by atoms with Crippen LogP contribution >= 0.6 is 11.6 Å². The number of ether oxygens (including phenoxy) is 3. The van der Waals surface area contributed by atoms with Crippen LogP contribution in [0.4, 0.5) is 13.6 Å². The molecule has 0 radical (unpaired) electrons. The maximum atomic E-state index is 13.3. The van der Waals surface area contributed by atoms with Crippen molar-refractivity contribution in [3.63, 3.8) is 0 Å². The number of likely N-dealkylation sites (tertiary alicyclic amines) is 1. The molecule has 180 valence electrons. The average molecular weight is 496 g/mol. The van der Waals surface area contributed by atoms with Crippen molar-refractivity contribution in [3.05, 3.63) is 52.8 Å². The number of carbonyl (C=O) groups is 3. The molecule has 12 heteroatoms. The summed E-state index contributed by atoms with van der Waals surface area (Å²) in [5, 5.41) is 2.84. The van der Waals surface area contributed by atoms with Crippen LogP contribution < -0.4 is 14.8 Å². The van der Waals surface area contributed by atoms with Gasteiger partial charge in [0.15, 0.2) is 17.5 Å². The molecule has 0 spiro atoms. The van der Waals surface area contributed by atoms with E-state index in [9.17, 15) is 23.2 Å². The maximum absolute atomic E-state index is 13.3. The summed E-state index contributed by atoms with van der Waals surface area (Å²) < 4.78 is 40.4. The van der Waals surface area contributed by atoms with Crippen LogP contribution in [0.1, 0.15) is 31.0 Å². The van der Waals surface area contributed by atoms with Crippen molar-refractivity contribution in [1.29, 1.82) is 0 Å². The minimum Gasteiger partial charge on any atom is -0.464 e. The molecule has 1 N–H and O–H groups in total. The number of esters is 1. The van der Waals surface area contributed by atoms with Crippen LogP contribution in [0.5, 0.6) is 11.5 Å². The Labute approximate surface area is 197 Å². The standard InChI is InChI=1S/C22H20ClF2N3O6/c1-3-32-20(30)18-14(8-12-6-7-26-17(23)9-12)19(29)28(18)21(31)27-11(2)13-4-5-15-16(10-13)34-22(24,25)33-15/h4-7,9-11,14,18H,3,8H2,1-2H3,(H,27,31)/t11-,14?,18+/m1/s1. The third-order valence-corrected chi connectivity index (χ3v) is 5.68. The smallest absolute Gasteiger partial charge is 0.464 e. The number of amides is 3. The number of fused-ring (bicyclic) bond motifs is 1. The van der Waals surface area contributed by atoms with E-state index in [0.29, 0.717) is 11.1 Å². The van der Waals surface area contributed by atoms with Crippen molar-refractivity contribution in [1.82, 2.24) is 15.2 Å². The second kappa shape index (κ2) is 9.05. The maximum Gasteiger partial charge on any atom is 0.586 e. The van der Waals surface area contributed by atoms with Gasteiger partial charge in [-0.3, -0.25) is 4.79 Å². The molecule has 1 fully saturated rings. The van der Waals surface area contributed by atoms with Gasteiger partial charge in [-0.05, 0) is 55.7 Å². The number of nitrogens with one attached hydrogen (secondary N) is 1. The summed E-state index contributed by atoms with van der Waals surface area (Å²) in [6.07, 6.45) is -2.12.